The van der Waals surface area contributed by atoms with Crippen molar-refractivity contribution in [2.45, 2.75) is 37.0 Å². The van der Waals surface area contributed by atoms with Gasteiger partial charge in [-0.05, 0) is 49.7 Å². The van der Waals surface area contributed by atoms with Gasteiger partial charge in [-0.2, -0.15) is 0 Å². The predicted octanol–water partition coefficient (Wildman–Crippen LogP) is 3.11. The van der Waals surface area contributed by atoms with E-state index in [0.29, 0.717) is 23.0 Å². The standard InChI is InChI=1S/C22H22N2O6S/c1-14(2)31(26,27)18-6-3-15(4-7-18)9-22(25)23-12-17-11-20(30-24-17)16-5-8-19-21(10-16)29-13-28-19/h3-8,10-11,14H,9,12-13H2,1-2H3,(H,23,25). The second-order valence-corrected chi connectivity index (χ2v) is 9.95. The van der Waals surface area contributed by atoms with E-state index in [0.717, 1.165) is 11.1 Å². The normalized spacial score (nSPS) is 12.9. The zero-order chi connectivity index (χ0) is 22.0. The maximum absolute atomic E-state index is 12.3. The molecule has 1 aromatic heterocycles. The van der Waals surface area contributed by atoms with Gasteiger partial charge in [-0.3, -0.25) is 4.79 Å². The Morgan fingerprint density at radius 3 is 2.55 bits per heavy atom. The molecule has 0 saturated heterocycles. The molecule has 1 aliphatic rings. The van der Waals surface area contributed by atoms with Gasteiger partial charge >= 0.3 is 0 Å². The van der Waals surface area contributed by atoms with Crippen molar-refractivity contribution in [2.75, 3.05) is 6.79 Å². The number of carbonyl (C=O) groups excluding carboxylic acids is 1. The Kier molecular flexibility index (Phi) is 5.69. The number of ether oxygens (including phenoxy) is 2. The van der Waals surface area contributed by atoms with Crippen molar-refractivity contribution in [3.8, 4) is 22.8 Å². The minimum absolute atomic E-state index is 0.134. The van der Waals surface area contributed by atoms with Crippen LogP contribution in [0.5, 0.6) is 11.5 Å². The topological polar surface area (TPSA) is 108 Å². The molecule has 2 heterocycles. The summed E-state index contributed by atoms with van der Waals surface area (Å²) in [6.07, 6.45) is 0.134. The lowest BCUT2D eigenvalue weighted by atomic mass is 10.1. The second kappa shape index (κ2) is 8.43. The number of rotatable bonds is 7. The maximum Gasteiger partial charge on any atom is 0.231 e. The van der Waals surface area contributed by atoms with E-state index in [9.17, 15) is 13.2 Å². The smallest absolute Gasteiger partial charge is 0.231 e. The summed E-state index contributed by atoms with van der Waals surface area (Å²) in [5, 5.41) is 6.29. The van der Waals surface area contributed by atoms with Crippen molar-refractivity contribution >= 4 is 15.7 Å². The first-order valence-electron chi connectivity index (χ1n) is 9.78. The third-order valence-corrected chi connectivity index (χ3v) is 7.09. The molecule has 0 fully saturated rings. The van der Waals surface area contributed by atoms with Crippen LogP contribution in [0.1, 0.15) is 25.1 Å². The fourth-order valence-electron chi connectivity index (χ4n) is 3.09. The van der Waals surface area contributed by atoms with Crippen LogP contribution in [0.15, 0.2) is 57.9 Å². The third kappa shape index (κ3) is 4.56. The number of benzene rings is 2. The van der Waals surface area contributed by atoms with E-state index < -0.39 is 15.1 Å². The van der Waals surface area contributed by atoms with Crippen molar-refractivity contribution in [1.82, 2.24) is 10.5 Å². The van der Waals surface area contributed by atoms with Crippen molar-refractivity contribution in [3.05, 3.63) is 59.8 Å². The zero-order valence-corrected chi connectivity index (χ0v) is 17.9. The van der Waals surface area contributed by atoms with Crippen molar-refractivity contribution in [1.29, 1.82) is 0 Å². The Balaban J connectivity index is 1.33. The number of nitrogens with one attached hydrogen (secondary N) is 1. The van der Waals surface area contributed by atoms with Crippen LogP contribution in [-0.2, 0) is 27.6 Å². The van der Waals surface area contributed by atoms with Crippen molar-refractivity contribution < 1.29 is 27.2 Å². The molecule has 3 aromatic rings. The van der Waals surface area contributed by atoms with E-state index in [-0.39, 0.29) is 30.6 Å². The van der Waals surface area contributed by atoms with Gasteiger partial charge in [0.05, 0.1) is 23.1 Å². The number of nitrogens with zero attached hydrogens (tertiary/aromatic N) is 1. The highest BCUT2D eigenvalue weighted by molar-refractivity contribution is 7.92. The summed E-state index contributed by atoms with van der Waals surface area (Å²) in [6, 6.07) is 13.6. The SMILES string of the molecule is CC(C)S(=O)(=O)c1ccc(CC(=O)NCc2cc(-c3ccc4c(c3)OCO4)on2)cc1. The van der Waals surface area contributed by atoms with Gasteiger partial charge in [0.15, 0.2) is 27.1 Å². The third-order valence-electron chi connectivity index (χ3n) is 4.92. The summed E-state index contributed by atoms with van der Waals surface area (Å²) in [7, 11) is -3.33. The van der Waals surface area contributed by atoms with E-state index in [1.165, 1.54) is 12.1 Å². The Labute approximate surface area is 180 Å². The molecule has 9 heteroatoms. The molecule has 1 amide bonds. The molecule has 0 saturated carbocycles. The molecule has 8 nitrogen and oxygen atoms in total. The summed E-state index contributed by atoms with van der Waals surface area (Å²) in [6.45, 7) is 3.69. The lowest BCUT2D eigenvalue weighted by Gasteiger charge is -2.08. The van der Waals surface area contributed by atoms with Gasteiger partial charge in [0.25, 0.3) is 0 Å². The molecule has 2 aromatic carbocycles. The second-order valence-electron chi connectivity index (χ2n) is 7.44. The molecule has 162 valence electrons. The van der Waals surface area contributed by atoms with Gasteiger partial charge in [0.1, 0.15) is 5.69 Å². The molecule has 0 unspecified atom stereocenters. The highest BCUT2D eigenvalue weighted by Crippen LogP contribution is 2.36. The van der Waals surface area contributed by atoms with Crippen molar-refractivity contribution in [3.63, 3.8) is 0 Å². The highest BCUT2D eigenvalue weighted by atomic mass is 32.2. The summed E-state index contributed by atoms with van der Waals surface area (Å²) >= 11 is 0. The Hall–Kier alpha value is -3.33. The molecule has 0 bridgehead atoms. The summed E-state index contributed by atoms with van der Waals surface area (Å²) in [5.74, 6) is 1.69. The summed E-state index contributed by atoms with van der Waals surface area (Å²) < 4.78 is 40.4. The number of hydrogen-bond acceptors (Lipinski definition) is 7. The number of aromatic nitrogens is 1. The summed E-state index contributed by atoms with van der Waals surface area (Å²) in [4.78, 5) is 12.5. The average Bonchev–Trinajstić information content (AvgIpc) is 3.41. The van der Waals surface area contributed by atoms with Gasteiger partial charge in [-0.15, -0.1) is 0 Å². The molecule has 0 spiro atoms. The number of carbonyl (C=O) groups is 1. The molecule has 0 aliphatic carbocycles. The Morgan fingerprint density at radius 2 is 1.81 bits per heavy atom. The Bertz CT molecular complexity index is 1200. The van der Waals surface area contributed by atoms with Gasteiger partial charge in [-0.1, -0.05) is 17.3 Å². The number of amides is 1. The maximum atomic E-state index is 12.3. The monoisotopic (exact) mass is 442 g/mol. The Morgan fingerprint density at radius 1 is 1.06 bits per heavy atom. The average molecular weight is 442 g/mol. The largest absolute Gasteiger partial charge is 0.454 e. The van der Waals surface area contributed by atoms with Crippen molar-refractivity contribution in [2.24, 2.45) is 0 Å². The van der Waals surface area contributed by atoms with E-state index in [1.807, 2.05) is 12.1 Å². The molecule has 0 radical (unpaired) electrons. The van der Waals surface area contributed by atoms with Gasteiger partial charge in [0.2, 0.25) is 12.7 Å². The molecule has 1 aliphatic heterocycles. The van der Waals surface area contributed by atoms with Crippen LogP contribution in [0.3, 0.4) is 0 Å². The van der Waals surface area contributed by atoms with Crippen LogP contribution in [0, 0.1) is 0 Å². The first kappa shape index (κ1) is 20.9. The fourth-order valence-corrected chi connectivity index (χ4v) is 4.15. The minimum Gasteiger partial charge on any atom is -0.454 e. The van der Waals surface area contributed by atoms with Gasteiger partial charge < -0.3 is 19.3 Å². The van der Waals surface area contributed by atoms with E-state index >= 15 is 0 Å². The minimum atomic E-state index is -3.33. The van der Waals surface area contributed by atoms with E-state index in [4.69, 9.17) is 14.0 Å². The van der Waals surface area contributed by atoms with Gasteiger partial charge in [-0.25, -0.2) is 8.42 Å². The molecule has 31 heavy (non-hydrogen) atoms. The summed E-state index contributed by atoms with van der Waals surface area (Å²) in [5.41, 5.74) is 2.10. The number of fused-ring (bicyclic) bond motifs is 1. The highest BCUT2D eigenvalue weighted by Gasteiger charge is 2.19. The number of hydrogen-bond donors (Lipinski definition) is 1. The van der Waals surface area contributed by atoms with Crippen LogP contribution < -0.4 is 14.8 Å². The van der Waals surface area contributed by atoms with Crippen LogP contribution >= 0.6 is 0 Å². The van der Waals surface area contributed by atoms with Crippen LogP contribution in [-0.4, -0.2) is 31.5 Å². The first-order chi connectivity index (χ1) is 14.8. The first-order valence-corrected chi connectivity index (χ1v) is 11.3. The number of sulfone groups is 1. The van der Waals surface area contributed by atoms with Crippen LogP contribution in [0.25, 0.3) is 11.3 Å². The molecule has 1 N–H and O–H groups in total. The van der Waals surface area contributed by atoms with E-state index in [1.54, 1.807) is 38.1 Å². The fraction of sp³-hybridized carbons (Fsp3) is 0.273. The van der Waals surface area contributed by atoms with E-state index in [2.05, 4.69) is 10.5 Å². The lowest BCUT2D eigenvalue weighted by Crippen LogP contribution is -2.24. The molecule has 4 rings (SSSR count). The van der Waals surface area contributed by atoms with Crippen LogP contribution in [0.2, 0.25) is 0 Å². The molecular formula is C22H22N2O6S. The van der Waals surface area contributed by atoms with Gasteiger partial charge in [0, 0.05) is 11.6 Å². The zero-order valence-electron chi connectivity index (χ0n) is 17.1. The lowest BCUT2D eigenvalue weighted by molar-refractivity contribution is -0.120. The van der Waals surface area contributed by atoms with Crippen LogP contribution in [0.4, 0.5) is 0 Å². The molecular weight excluding hydrogens is 420 g/mol. The predicted molar refractivity (Wildman–Crippen MR) is 112 cm³/mol. The molecule has 0 atom stereocenters. The quantitative estimate of drug-likeness (QED) is 0.599.